The molecule has 1 atom stereocenters. The van der Waals surface area contributed by atoms with Crippen LogP contribution in [0.1, 0.15) is 41.0 Å². The number of carbonyl (C=O) groups excluding carboxylic acids is 3. The molecule has 0 radical (unpaired) electrons. The lowest BCUT2D eigenvalue weighted by Crippen LogP contribution is -2.24. The fraction of sp³-hybridized carbons (Fsp3) is 0.227. The smallest absolute Gasteiger partial charge is 0.257 e. The van der Waals surface area contributed by atoms with Crippen LogP contribution in [0.4, 0.5) is 16.5 Å². The van der Waals surface area contributed by atoms with E-state index in [0.29, 0.717) is 45.8 Å². The van der Waals surface area contributed by atoms with Crippen LogP contribution in [0.5, 0.6) is 0 Å². The van der Waals surface area contributed by atoms with Crippen molar-refractivity contribution in [1.82, 2.24) is 10.2 Å². The van der Waals surface area contributed by atoms with Gasteiger partial charge in [0, 0.05) is 47.3 Å². The third-order valence-corrected chi connectivity index (χ3v) is 6.28. The third-order valence-electron chi connectivity index (χ3n) is 5.03. The highest BCUT2D eigenvalue weighted by Gasteiger charge is 2.34. The van der Waals surface area contributed by atoms with Crippen LogP contribution in [0.2, 0.25) is 5.02 Å². The summed E-state index contributed by atoms with van der Waals surface area (Å²) in [5, 5.41) is 15.4. The lowest BCUT2D eigenvalue weighted by Gasteiger charge is -2.16. The zero-order chi connectivity index (χ0) is 22.7. The largest absolute Gasteiger partial charge is 0.326 e. The standard InChI is InChI=1S/C22H20ClN5O3S/c1-2-18(29)24-16-7-3-13(4-8-16)20(31)25-22-27-26-21(32-22)14-11-19(30)28(12-14)17-9-5-15(23)6-10-17/h3-10,14H,2,11-12H2,1H3,(H,24,29)(H,25,27,31)/t14-/m0/s1. The first-order valence-corrected chi connectivity index (χ1v) is 11.2. The van der Waals surface area contributed by atoms with Gasteiger partial charge in [-0.15, -0.1) is 10.2 Å². The summed E-state index contributed by atoms with van der Waals surface area (Å²) in [7, 11) is 0. The van der Waals surface area contributed by atoms with E-state index < -0.39 is 0 Å². The Bertz CT molecular complexity index is 1150. The molecule has 3 aromatic rings. The number of benzene rings is 2. The lowest BCUT2D eigenvalue weighted by molar-refractivity contribution is -0.117. The predicted molar refractivity (Wildman–Crippen MR) is 124 cm³/mol. The SMILES string of the molecule is CCC(=O)Nc1ccc(C(=O)Nc2nnc([C@H]3CC(=O)N(c4ccc(Cl)cc4)C3)s2)cc1. The van der Waals surface area contributed by atoms with Gasteiger partial charge in [-0.3, -0.25) is 19.7 Å². The first-order chi connectivity index (χ1) is 15.4. The molecular weight excluding hydrogens is 450 g/mol. The van der Waals surface area contributed by atoms with Gasteiger partial charge in [-0.2, -0.15) is 0 Å². The average molecular weight is 470 g/mol. The highest BCUT2D eigenvalue weighted by atomic mass is 35.5. The second kappa shape index (κ2) is 9.46. The summed E-state index contributed by atoms with van der Waals surface area (Å²) < 4.78 is 0. The number of hydrogen-bond donors (Lipinski definition) is 2. The Morgan fingerprint density at radius 2 is 1.81 bits per heavy atom. The monoisotopic (exact) mass is 469 g/mol. The van der Waals surface area contributed by atoms with Crippen LogP contribution in [-0.4, -0.2) is 34.5 Å². The van der Waals surface area contributed by atoms with E-state index in [4.69, 9.17) is 11.6 Å². The summed E-state index contributed by atoms with van der Waals surface area (Å²) in [6, 6.07) is 13.7. The van der Waals surface area contributed by atoms with Crippen LogP contribution in [0.15, 0.2) is 48.5 Å². The van der Waals surface area contributed by atoms with E-state index in [2.05, 4.69) is 20.8 Å². The average Bonchev–Trinajstić information content (AvgIpc) is 3.41. The maximum Gasteiger partial charge on any atom is 0.257 e. The van der Waals surface area contributed by atoms with Crippen molar-refractivity contribution in [3.05, 3.63) is 64.1 Å². The quantitative estimate of drug-likeness (QED) is 0.559. The molecule has 2 heterocycles. The van der Waals surface area contributed by atoms with Crippen molar-refractivity contribution in [2.45, 2.75) is 25.7 Å². The fourth-order valence-corrected chi connectivity index (χ4v) is 4.27. The second-order valence-electron chi connectivity index (χ2n) is 7.26. The third kappa shape index (κ3) is 4.95. The molecule has 1 aliphatic rings. The van der Waals surface area contributed by atoms with Gasteiger partial charge in [0.15, 0.2) is 0 Å². The minimum Gasteiger partial charge on any atom is -0.326 e. The number of nitrogens with one attached hydrogen (secondary N) is 2. The molecule has 1 fully saturated rings. The van der Waals surface area contributed by atoms with Gasteiger partial charge in [-0.25, -0.2) is 0 Å². The van der Waals surface area contributed by atoms with Gasteiger partial charge in [-0.1, -0.05) is 29.9 Å². The summed E-state index contributed by atoms with van der Waals surface area (Å²) in [6.45, 7) is 2.26. The molecule has 8 nitrogen and oxygen atoms in total. The molecule has 1 saturated heterocycles. The van der Waals surface area contributed by atoms with E-state index in [1.165, 1.54) is 11.3 Å². The number of rotatable bonds is 6. The van der Waals surface area contributed by atoms with Crippen molar-refractivity contribution < 1.29 is 14.4 Å². The van der Waals surface area contributed by atoms with E-state index in [9.17, 15) is 14.4 Å². The molecule has 4 rings (SSSR count). The molecule has 0 aliphatic carbocycles. The normalized spacial score (nSPS) is 15.6. The van der Waals surface area contributed by atoms with Crippen molar-refractivity contribution in [1.29, 1.82) is 0 Å². The number of aromatic nitrogens is 2. The zero-order valence-corrected chi connectivity index (χ0v) is 18.7. The van der Waals surface area contributed by atoms with Crippen molar-refractivity contribution in [2.75, 3.05) is 22.1 Å². The summed E-state index contributed by atoms with van der Waals surface area (Å²) in [6.07, 6.45) is 0.710. The Morgan fingerprint density at radius 1 is 1.09 bits per heavy atom. The fourth-order valence-electron chi connectivity index (χ4n) is 3.32. The number of amides is 3. The van der Waals surface area contributed by atoms with Crippen molar-refractivity contribution in [3.63, 3.8) is 0 Å². The molecule has 10 heteroatoms. The number of carbonyl (C=O) groups is 3. The predicted octanol–water partition coefficient (Wildman–Crippen LogP) is 4.31. The Kier molecular flexibility index (Phi) is 6.48. The van der Waals surface area contributed by atoms with Crippen LogP contribution in [0.25, 0.3) is 0 Å². The van der Waals surface area contributed by atoms with Gasteiger partial charge in [0.1, 0.15) is 5.01 Å². The minimum absolute atomic E-state index is 0.00774. The maximum atomic E-state index is 12.5. The van der Waals surface area contributed by atoms with E-state index in [1.807, 2.05) is 12.1 Å². The van der Waals surface area contributed by atoms with E-state index >= 15 is 0 Å². The highest BCUT2D eigenvalue weighted by Crippen LogP contribution is 2.34. The van der Waals surface area contributed by atoms with Gasteiger partial charge in [0.25, 0.3) is 5.91 Å². The molecule has 32 heavy (non-hydrogen) atoms. The van der Waals surface area contributed by atoms with Crippen LogP contribution in [-0.2, 0) is 9.59 Å². The second-order valence-corrected chi connectivity index (χ2v) is 8.71. The molecule has 1 aromatic heterocycles. The zero-order valence-electron chi connectivity index (χ0n) is 17.2. The Balaban J connectivity index is 1.38. The summed E-state index contributed by atoms with van der Waals surface area (Å²) >= 11 is 7.19. The van der Waals surface area contributed by atoms with Gasteiger partial charge < -0.3 is 10.2 Å². The number of nitrogens with zero attached hydrogens (tertiary/aromatic N) is 3. The molecule has 0 unspecified atom stereocenters. The van der Waals surface area contributed by atoms with Crippen LogP contribution in [0.3, 0.4) is 0 Å². The van der Waals surface area contributed by atoms with Gasteiger partial charge in [0.2, 0.25) is 16.9 Å². The first-order valence-electron chi connectivity index (χ1n) is 10.0. The first kappa shape index (κ1) is 21.9. The van der Waals surface area contributed by atoms with Crippen molar-refractivity contribution >= 4 is 57.2 Å². The van der Waals surface area contributed by atoms with Crippen LogP contribution < -0.4 is 15.5 Å². The number of halogens is 1. The molecule has 0 bridgehead atoms. The summed E-state index contributed by atoms with van der Waals surface area (Å²) in [5.74, 6) is -0.508. The van der Waals surface area contributed by atoms with Gasteiger partial charge >= 0.3 is 0 Å². The highest BCUT2D eigenvalue weighted by molar-refractivity contribution is 7.15. The molecule has 0 spiro atoms. The Morgan fingerprint density at radius 3 is 2.50 bits per heavy atom. The molecule has 3 amide bonds. The Hall–Kier alpha value is -3.30. The van der Waals surface area contributed by atoms with E-state index in [-0.39, 0.29) is 23.6 Å². The molecular formula is C22H20ClN5O3S. The summed E-state index contributed by atoms with van der Waals surface area (Å²) in [4.78, 5) is 38.2. The van der Waals surface area contributed by atoms with Crippen LogP contribution in [0, 0.1) is 0 Å². The van der Waals surface area contributed by atoms with E-state index in [0.717, 1.165) is 5.69 Å². The Labute approximate surface area is 193 Å². The van der Waals surface area contributed by atoms with E-state index in [1.54, 1.807) is 48.2 Å². The molecule has 2 N–H and O–H groups in total. The summed E-state index contributed by atoms with van der Waals surface area (Å²) in [5.41, 5.74) is 1.85. The topological polar surface area (TPSA) is 104 Å². The number of hydrogen-bond acceptors (Lipinski definition) is 6. The van der Waals surface area contributed by atoms with Gasteiger partial charge in [0.05, 0.1) is 0 Å². The maximum absolute atomic E-state index is 12.5. The van der Waals surface area contributed by atoms with Crippen molar-refractivity contribution in [3.8, 4) is 0 Å². The molecule has 2 aromatic carbocycles. The van der Waals surface area contributed by atoms with Crippen LogP contribution >= 0.6 is 22.9 Å². The number of anilines is 3. The molecule has 0 saturated carbocycles. The molecule has 1 aliphatic heterocycles. The van der Waals surface area contributed by atoms with Crippen molar-refractivity contribution in [2.24, 2.45) is 0 Å². The lowest BCUT2D eigenvalue weighted by atomic mass is 10.1. The molecule has 164 valence electrons. The minimum atomic E-state index is -0.327. The van der Waals surface area contributed by atoms with Gasteiger partial charge in [-0.05, 0) is 48.5 Å².